The summed E-state index contributed by atoms with van der Waals surface area (Å²) in [5.74, 6) is 0.118. The van der Waals surface area contributed by atoms with Crippen LogP contribution in [0, 0.1) is 0 Å². The minimum Gasteiger partial charge on any atom is -0.384 e. The van der Waals surface area contributed by atoms with Gasteiger partial charge in [0, 0.05) is 17.8 Å². The fraction of sp³-hybridized carbons (Fsp3) is 0.235. The number of anilines is 1. The van der Waals surface area contributed by atoms with E-state index in [2.05, 4.69) is 5.32 Å². The molecule has 25 heavy (non-hydrogen) atoms. The first-order valence-electron chi connectivity index (χ1n) is 7.22. The van der Waals surface area contributed by atoms with E-state index in [9.17, 15) is 18.0 Å². The molecular formula is C17H15ClF3NO2S. The molecule has 0 unspecified atom stereocenters. The molecule has 0 bridgehead atoms. The van der Waals surface area contributed by atoms with E-state index in [1.807, 2.05) is 0 Å². The molecule has 2 rings (SSSR count). The highest BCUT2D eigenvalue weighted by Gasteiger charge is 2.31. The van der Waals surface area contributed by atoms with Crippen LogP contribution in [-0.2, 0) is 10.9 Å². The first kappa shape index (κ1) is 19.6. The molecule has 0 atom stereocenters. The van der Waals surface area contributed by atoms with E-state index >= 15 is 0 Å². The molecule has 0 spiro atoms. The molecule has 0 aliphatic heterocycles. The zero-order valence-corrected chi connectivity index (χ0v) is 14.8. The average Bonchev–Trinajstić information content (AvgIpc) is 2.56. The topological polar surface area (TPSA) is 38.3 Å². The molecule has 0 aliphatic carbocycles. The second-order valence-electron chi connectivity index (χ2n) is 4.98. The van der Waals surface area contributed by atoms with Crippen molar-refractivity contribution in [3.05, 3.63) is 58.6 Å². The van der Waals surface area contributed by atoms with E-state index in [4.69, 9.17) is 16.3 Å². The Hall–Kier alpha value is -1.70. The number of ether oxygens (including phenoxy) is 1. The first-order valence-corrected chi connectivity index (χ1v) is 8.58. The number of thioether (sulfide) groups is 1. The van der Waals surface area contributed by atoms with Crippen LogP contribution in [0.3, 0.4) is 0 Å². The Morgan fingerprint density at radius 2 is 1.96 bits per heavy atom. The van der Waals surface area contributed by atoms with E-state index < -0.39 is 17.6 Å². The zero-order chi connectivity index (χ0) is 18.4. The maximum absolute atomic E-state index is 12.8. The number of amides is 1. The summed E-state index contributed by atoms with van der Waals surface area (Å²) < 4.78 is 43.5. The Morgan fingerprint density at radius 3 is 2.64 bits per heavy atom. The lowest BCUT2D eigenvalue weighted by atomic mass is 10.1. The molecule has 8 heteroatoms. The Balaban J connectivity index is 2.23. The summed E-state index contributed by atoms with van der Waals surface area (Å²) in [5, 5.41) is 2.49. The molecule has 0 saturated heterocycles. The van der Waals surface area contributed by atoms with E-state index in [-0.39, 0.29) is 10.7 Å². The molecule has 0 aliphatic rings. The van der Waals surface area contributed by atoms with Gasteiger partial charge in [0.05, 0.1) is 28.4 Å². The van der Waals surface area contributed by atoms with Crippen LogP contribution in [0.25, 0.3) is 0 Å². The molecule has 2 aromatic carbocycles. The van der Waals surface area contributed by atoms with Crippen molar-refractivity contribution in [2.75, 3.05) is 24.8 Å². The molecule has 0 heterocycles. The number of carbonyl (C=O) groups is 1. The summed E-state index contributed by atoms with van der Waals surface area (Å²) in [7, 11) is 1.58. The van der Waals surface area contributed by atoms with Gasteiger partial charge in [-0.1, -0.05) is 23.7 Å². The Bertz CT molecular complexity index is 753. The van der Waals surface area contributed by atoms with Crippen LogP contribution in [-0.4, -0.2) is 25.4 Å². The van der Waals surface area contributed by atoms with E-state index in [0.29, 0.717) is 22.8 Å². The maximum Gasteiger partial charge on any atom is 0.416 e. The van der Waals surface area contributed by atoms with Crippen LogP contribution >= 0.6 is 23.4 Å². The molecule has 1 N–H and O–H groups in total. The summed E-state index contributed by atoms with van der Waals surface area (Å²) in [6, 6.07) is 9.63. The van der Waals surface area contributed by atoms with Gasteiger partial charge in [-0.15, -0.1) is 11.8 Å². The van der Waals surface area contributed by atoms with Crippen LogP contribution in [0.4, 0.5) is 18.9 Å². The first-order chi connectivity index (χ1) is 11.8. The third-order valence-corrected chi connectivity index (χ3v) is 4.59. The second-order valence-corrected chi connectivity index (χ2v) is 6.53. The number of hydrogen-bond donors (Lipinski definition) is 1. The Labute approximate surface area is 152 Å². The van der Waals surface area contributed by atoms with Gasteiger partial charge in [0.1, 0.15) is 0 Å². The smallest absolute Gasteiger partial charge is 0.384 e. The monoisotopic (exact) mass is 389 g/mol. The van der Waals surface area contributed by atoms with Crippen LogP contribution in [0.5, 0.6) is 0 Å². The summed E-state index contributed by atoms with van der Waals surface area (Å²) in [4.78, 5) is 13.2. The largest absolute Gasteiger partial charge is 0.416 e. The van der Waals surface area contributed by atoms with Crippen molar-refractivity contribution >= 4 is 35.0 Å². The molecule has 1 amide bonds. The van der Waals surface area contributed by atoms with Gasteiger partial charge in [0.15, 0.2) is 0 Å². The van der Waals surface area contributed by atoms with Crippen molar-refractivity contribution in [1.29, 1.82) is 0 Å². The molecule has 3 nitrogen and oxygen atoms in total. The van der Waals surface area contributed by atoms with Gasteiger partial charge in [0.25, 0.3) is 5.91 Å². The minimum absolute atomic E-state index is 0.0332. The molecule has 0 fully saturated rings. The molecular weight excluding hydrogens is 375 g/mol. The van der Waals surface area contributed by atoms with Gasteiger partial charge < -0.3 is 10.1 Å². The van der Waals surface area contributed by atoms with Crippen LogP contribution in [0.1, 0.15) is 15.9 Å². The van der Waals surface area contributed by atoms with Crippen LogP contribution < -0.4 is 5.32 Å². The summed E-state index contributed by atoms with van der Waals surface area (Å²) in [6.45, 7) is 0.514. The van der Waals surface area contributed by atoms with Gasteiger partial charge in [-0.25, -0.2) is 0 Å². The van der Waals surface area contributed by atoms with Gasteiger partial charge in [0.2, 0.25) is 0 Å². The lowest BCUT2D eigenvalue weighted by Gasteiger charge is -2.13. The van der Waals surface area contributed by atoms with Crippen molar-refractivity contribution in [2.24, 2.45) is 0 Å². The van der Waals surface area contributed by atoms with Crippen molar-refractivity contribution in [3.8, 4) is 0 Å². The number of carbonyl (C=O) groups excluding carboxylic acids is 1. The van der Waals surface area contributed by atoms with E-state index in [0.717, 1.165) is 18.2 Å². The third kappa shape index (κ3) is 5.39. The number of nitrogens with one attached hydrogen (secondary N) is 1. The predicted molar refractivity (Wildman–Crippen MR) is 93.4 cm³/mol. The normalized spacial score (nSPS) is 11.4. The number of hydrogen-bond acceptors (Lipinski definition) is 3. The lowest BCUT2D eigenvalue weighted by molar-refractivity contribution is -0.137. The summed E-state index contributed by atoms with van der Waals surface area (Å²) >= 11 is 7.34. The van der Waals surface area contributed by atoms with Gasteiger partial charge >= 0.3 is 6.18 Å². The van der Waals surface area contributed by atoms with E-state index in [1.54, 1.807) is 31.4 Å². The maximum atomic E-state index is 12.8. The van der Waals surface area contributed by atoms with Crippen molar-refractivity contribution < 1.29 is 22.7 Å². The van der Waals surface area contributed by atoms with E-state index in [1.165, 1.54) is 11.8 Å². The molecule has 0 radical (unpaired) electrons. The fourth-order valence-electron chi connectivity index (χ4n) is 2.00. The summed E-state index contributed by atoms with van der Waals surface area (Å²) in [5.41, 5.74) is -0.606. The summed E-state index contributed by atoms with van der Waals surface area (Å²) in [6.07, 6.45) is -4.52. The van der Waals surface area contributed by atoms with Crippen molar-refractivity contribution in [3.63, 3.8) is 0 Å². The van der Waals surface area contributed by atoms with Gasteiger partial charge in [-0.2, -0.15) is 13.2 Å². The average molecular weight is 390 g/mol. The predicted octanol–water partition coefficient (Wildman–Crippen LogP) is 5.35. The van der Waals surface area contributed by atoms with Crippen molar-refractivity contribution in [2.45, 2.75) is 11.1 Å². The quantitative estimate of drug-likeness (QED) is 0.534. The molecule has 2 aromatic rings. The highest BCUT2D eigenvalue weighted by Crippen LogP contribution is 2.34. The Kier molecular flexibility index (Phi) is 6.75. The van der Waals surface area contributed by atoms with Gasteiger partial charge in [-0.05, 0) is 30.3 Å². The lowest BCUT2D eigenvalue weighted by Crippen LogP contribution is -2.14. The standard InChI is InChI=1S/C17H15ClF3NO2S/c1-24-8-9-25-15-5-3-2-4-12(15)16(23)22-14-10-11(17(19,20)21)6-7-13(14)18/h2-7,10H,8-9H2,1H3,(H,22,23). The fourth-order valence-corrected chi connectivity index (χ4v) is 3.13. The Morgan fingerprint density at radius 1 is 1.24 bits per heavy atom. The molecule has 134 valence electrons. The second kappa shape index (κ2) is 8.60. The highest BCUT2D eigenvalue weighted by atomic mass is 35.5. The SMILES string of the molecule is COCCSc1ccccc1C(=O)Nc1cc(C(F)(F)F)ccc1Cl. The minimum atomic E-state index is -4.52. The highest BCUT2D eigenvalue weighted by molar-refractivity contribution is 7.99. The molecule has 0 saturated carbocycles. The third-order valence-electron chi connectivity index (χ3n) is 3.22. The number of rotatable bonds is 6. The molecule has 0 aromatic heterocycles. The number of alkyl halides is 3. The number of halogens is 4. The number of benzene rings is 2. The van der Waals surface area contributed by atoms with Crippen LogP contribution in [0.15, 0.2) is 47.4 Å². The van der Waals surface area contributed by atoms with Gasteiger partial charge in [-0.3, -0.25) is 4.79 Å². The number of methoxy groups -OCH3 is 1. The zero-order valence-electron chi connectivity index (χ0n) is 13.2. The van der Waals surface area contributed by atoms with Crippen molar-refractivity contribution in [1.82, 2.24) is 0 Å². The van der Waals surface area contributed by atoms with Crippen LogP contribution in [0.2, 0.25) is 5.02 Å².